The topological polar surface area (TPSA) is 79.5 Å². The fourth-order valence-electron chi connectivity index (χ4n) is 3.06. The second-order valence-corrected chi connectivity index (χ2v) is 9.76. The van der Waals surface area contributed by atoms with E-state index in [0.717, 1.165) is 25.0 Å². The van der Waals surface area contributed by atoms with Gasteiger partial charge in [-0.15, -0.1) is 6.58 Å². The number of rotatable bonds is 10. The van der Waals surface area contributed by atoms with Crippen molar-refractivity contribution in [2.24, 2.45) is 0 Å². The first-order valence-electron chi connectivity index (χ1n) is 9.19. The summed E-state index contributed by atoms with van der Waals surface area (Å²) < 4.78 is 64.9. The van der Waals surface area contributed by atoms with Gasteiger partial charge in [-0.2, -0.15) is 13.1 Å². The van der Waals surface area contributed by atoms with Crippen molar-refractivity contribution in [2.45, 2.75) is 31.2 Å². The van der Waals surface area contributed by atoms with Gasteiger partial charge in [0.2, 0.25) is 0 Å². The van der Waals surface area contributed by atoms with E-state index < -0.39 is 27.4 Å². The van der Waals surface area contributed by atoms with Crippen molar-refractivity contribution >= 4 is 49.9 Å². The Bertz CT molecular complexity index is 1060. The quantitative estimate of drug-likeness (QED) is 0.286. The minimum Gasteiger partial charge on any atom is -0.494 e. The van der Waals surface area contributed by atoms with Crippen LogP contribution in [0.2, 0.25) is 0 Å². The molecule has 3 N–H and O–H groups in total. The summed E-state index contributed by atoms with van der Waals surface area (Å²) in [5, 5.41) is 2.75. The molecule has 0 unspecified atom stereocenters. The van der Waals surface area contributed by atoms with Crippen LogP contribution in [-0.4, -0.2) is 21.1 Å². The molecule has 6 nitrogen and oxygen atoms in total. The van der Waals surface area contributed by atoms with Crippen molar-refractivity contribution in [3.05, 3.63) is 58.2 Å². The van der Waals surface area contributed by atoms with Crippen LogP contribution in [0.4, 0.5) is 25.8 Å². The molecule has 0 atom stereocenters. The largest absolute Gasteiger partial charge is 0.494 e. The van der Waals surface area contributed by atoms with Crippen molar-refractivity contribution in [2.75, 3.05) is 17.1 Å². The summed E-state index contributed by atoms with van der Waals surface area (Å²) in [5.41, 5.74) is -0.443. The average molecular weight is 549 g/mol. The van der Waals surface area contributed by atoms with Crippen LogP contribution in [0.3, 0.4) is 0 Å². The normalized spacial score (nSPS) is 14.8. The molecule has 2 aromatic rings. The molecule has 1 saturated carbocycles. The van der Waals surface area contributed by atoms with Gasteiger partial charge in [0, 0.05) is 15.2 Å². The molecule has 0 radical (unpaired) electrons. The SMILES string of the molecule is C=CCCC1(NS(=O)(=O)Nc2c(Nc3ccc(I)cc3F)cc(F)cc2OC)CC1. The van der Waals surface area contributed by atoms with Gasteiger partial charge in [0.15, 0.2) is 0 Å². The third-order valence-corrected chi connectivity index (χ3v) is 6.60. The Morgan fingerprint density at radius 3 is 2.57 bits per heavy atom. The number of hydrogen-bond donors (Lipinski definition) is 3. The molecule has 0 amide bonds. The summed E-state index contributed by atoms with van der Waals surface area (Å²) in [6.45, 7) is 3.67. The van der Waals surface area contributed by atoms with Crippen molar-refractivity contribution in [3.8, 4) is 5.75 Å². The summed E-state index contributed by atoms with van der Waals surface area (Å²) >= 11 is 1.97. The number of benzene rings is 2. The maximum Gasteiger partial charge on any atom is 0.299 e. The molecule has 0 heterocycles. The van der Waals surface area contributed by atoms with Crippen molar-refractivity contribution in [3.63, 3.8) is 0 Å². The maximum atomic E-state index is 14.3. The highest BCUT2D eigenvalue weighted by molar-refractivity contribution is 14.1. The minimum absolute atomic E-state index is 0.0215. The van der Waals surface area contributed by atoms with Crippen molar-refractivity contribution < 1.29 is 21.9 Å². The molecule has 0 saturated heterocycles. The lowest BCUT2D eigenvalue weighted by atomic mass is 10.1. The van der Waals surface area contributed by atoms with Crippen molar-refractivity contribution in [1.82, 2.24) is 4.72 Å². The molecule has 0 aromatic heterocycles. The number of methoxy groups -OCH3 is 1. The number of hydrogen-bond acceptors (Lipinski definition) is 4. The van der Waals surface area contributed by atoms with Crippen LogP contribution < -0.4 is 19.5 Å². The van der Waals surface area contributed by atoms with E-state index in [4.69, 9.17) is 4.74 Å². The first kappa shape index (κ1) is 22.8. The number of halogens is 3. The Morgan fingerprint density at radius 2 is 1.97 bits per heavy atom. The van der Waals surface area contributed by atoms with Gasteiger partial charge >= 0.3 is 0 Å². The Morgan fingerprint density at radius 1 is 1.23 bits per heavy atom. The fraction of sp³-hybridized carbons (Fsp3) is 0.300. The molecular weight excluding hydrogens is 527 g/mol. The molecule has 162 valence electrons. The van der Waals surface area contributed by atoms with Crippen molar-refractivity contribution in [1.29, 1.82) is 0 Å². The van der Waals surface area contributed by atoms with Crippen LogP contribution in [0.1, 0.15) is 25.7 Å². The summed E-state index contributed by atoms with van der Waals surface area (Å²) in [6, 6.07) is 6.59. The number of anilines is 3. The summed E-state index contributed by atoms with van der Waals surface area (Å²) in [7, 11) is -2.72. The summed E-state index contributed by atoms with van der Waals surface area (Å²) in [6.07, 6.45) is 4.50. The molecule has 0 spiro atoms. The second-order valence-electron chi connectivity index (χ2n) is 7.10. The molecule has 1 aliphatic rings. The maximum absolute atomic E-state index is 14.3. The van der Waals surface area contributed by atoms with Crippen LogP contribution in [0.5, 0.6) is 5.75 Å². The molecule has 0 aliphatic heterocycles. The van der Waals surface area contributed by atoms with E-state index in [1.807, 2.05) is 22.6 Å². The number of allylic oxidation sites excluding steroid dienone is 1. The highest BCUT2D eigenvalue weighted by Gasteiger charge is 2.45. The summed E-state index contributed by atoms with van der Waals surface area (Å²) in [4.78, 5) is 0. The zero-order chi connectivity index (χ0) is 21.9. The lowest BCUT2D eigenvalue weighted by molar-refractivity contribution is 0.413. The Balaban J connectivity index is 1.92. The van der Waals surface area contributed by atoms with E-state index in [1.165, 1.54) is 19.2 Å². The van der Waals surface area contributed by atoms with E-state index >= 15 is 0 Å². The third kappa shape index (κ3) is 5.61. The molecular formula is C20H22F2IN3O3S. The van der Waals surface area contributed by atoms with E-state index in [1.54, 1.807) is 12.1 Å². The molecule has 2 aromatic carbocycles. The molecule has 30 heavy (non-hydrogen) atoms. The van der Waals surface area contributed by atoms with Gasteiger partial charge in [0.05, 0.1) is 18.5 Å². The smallest absolute Gasteiger partial charge is 0.299 e. The molecule has 0 bridgehead atoms. The monoisotopic (exact) mass is 549 g/mol. The molecule has 1 fully saturated rings. The Hall–Kier alpha value is -1.92. The zero-order valence-corrected chi connectivity index (χ0v) is 19.2. The van der Waals surface area contributed by atoms with E-state index in [0.29, 0.717) is 16.4 Å². The van der Waals surface area contributed by atoms with Gasteiger partial charge in [-0.1, -0.05) is 6.08 Å². The van der Waals surface area contributed by atoms with Crippen LogP contribution >= 0.6 is 22.6 Å². The van der Waals surface area contributed by atoms with Gasteiger partial charge in [-0.25, -0.2) is 8.78 Å². The first-order chi connectivity index (χ1) is 14.2. The van der Waals surface area contributed by atoms with Gasteiger partial charge in [0.1, 0.15) is 23.1 Å². The average Bonchev–Trinajstić information content (AvgIpc) is 3.42. The lowest BCUT2D eigenvalue weighted by Gasteiger charge is -2.21. The van der Waals surface area contributed by atoms with Crippen LogP contribution in [0.25, 0.3) is 0 Å². The van der Waals surface area contributed by atoms with Crippen LogP contribution in [0, 0.1) is 15.2 Å². The third-order valence-electron chi connectivity index (χ3n) is 4.76. The predicted molar refractivity (Wildman–Crippen MR) is 122 cm³/mol. The minimum atomic E-state index is -4.01. The lowest BCUT2D eigenvalue weighted by Crippen LogP contribution is -2.40. The standard InChI is InChI=1S/C20H22F2IN3O3S/c1-3-4-7-20(8-9-20)26-30(27,28)25-19-17(10-13(21)11-18(19)29-2)24-16-6-5-14(23)12-15(16)22/h3,5-6,10-12,24-26H,1,4,7-9H2,2H3. The first-order valence-corrected chi connectivity index (χ1v) is 11.8. The van der Waals surface area contributed by atoms with Gasteiger partial charge in [0.25, 0.3) is 10.2 Å². The van der Waals surface area contributed by atoms with E-state index in [9.17, 15) is 17.2 Å². The highest BCUT2D eigenvalue weighted by atomic mass is 127. The van der Waals surface area contributed by atoms with Crippen LogP contribution in [0.15, 0.2) is 43.0 Å². The van der Waals surface area contributed by atoms with Gasteiger partial charge in [-0.3, -0.25) is 4.72 Å². The fourth-order valence-corrected chi connectivity index (χ4v) is 4.92. The van der Waals surface area contributed by atoms with Crippen LogP contribution in [-0.2, 0) is 10.2 Å². The zero-order valence-electron chi connectivity index (χ0n) is 16.3. The van der Waals surface area contributed by atoms with Gasteiger partial charge in [-0.05, 0) is 72.5 Å². The molecule has 1 aliphatic carbocycles. The number of nitrogens with one attached hydrogen (secondary N) is 3. The Labute approximate surface area is 188 Å². The second kappa shape index (κ2) is 9.06. The van der Waals surface area contributed by atoms with E-state index in [-0.39, 0.29) is 22.8 Å². The van der Waals surface area contributed by atoms with E-state index in [2.05, 4.69) is 21.3 Å². The summed E-state index contributed by atoms with van der Waals surface area (Å²) in [5.74, 6) is -1.26. The predicted octanol–water partition coefficient (Wildman–Crippen LogP) is 5.07. The highest BCUT2D eigenvalue weighted by Crippen LogP contribution is 2.42. The molecule has 10 heteroatoms. The number of ether oxygens (including phenoxy) is 1. The Kier molecular flexibility index (Phi) is 6.88. The molecule has 3 rings (SSSR count). The van der Waals surface area contributed by atoms with Gasteiger partial charge < -0.3 is 10.1 Å².